The average molecular weight is 194 g/mol. The first-order valence-corrected chi connectivity index (χ1v) is 4.32. The fraction of sp³-hybridized carbons (Fsp3) is 0.300. The van der Waals surface area contributed by atoms with Gasteiger partial charge in [0.15, 0.2) is 0 Å². The van der Waals surface area contributed by atoms with Gasteiger partial charge < -0.3 is 15.3 Å². The number of carbonyl (C=O) groups is 1. The van der Waals surface area contributed by atoms with E-state index in [-0.39, 0.29) is 0 Å². The number of rotatable bonds is 3. The van der Waals surface area contributed by atoms with Crippen molar-refractivity contribution in [3.63, 3.8) is 0 Å². The molecular weight excluding hydrogens is 180 g/mol. The molecule has 14 heavy (non-hydrogen) atoms. The van der Waals surface area contributed by atoms with Crippen LogP contribution >= 0.6 is 0 Å². The summed E-state index contributed by atoms with van der Waals surface area (Å²) in [6.45, 7) is 0.350. The Morgan fingerprint density at radius 2 is 1.93 bits per heavy atom. The Bertz CT molecular complexity index is 306. The van der Waals surface area contributed by atoms with Crippen molar-refractivity contribution in [2.45, 2.75) is 6.54 Å². The van der Waals surface area contributed by atoms with Gasteiger partial charge in [-0.25, -0.2) is 4.79 Å². The van der Waals surface area contributed by atoms with Gasteiger partial charge in [-0.2, -0.15) is 0 Å². The SMILES string of the molecule is CN(C)c1ccc(CNC(=O)O)cc1. The van der Waals surface area contributed by atoms with Crippen molar-refractivity contribution >= 4 is 11.8 Å². The molecule has 0 atom stereocenters. The maximum absolute atomic E-state index is 10.2. The molecule has 76 valence electrons. The zero-order valence-corrected chi connectivity index (χ0v) is 8.32. The molecule has 0 spiro atoms. The number of hydrogen-bond donors (Lipinski definition) is 2. The first-order valence-electron chi connectivity index (χ1n) is 4.32. The highest BCUT2D eigenvalue weighted by Crippen LogP contribution is 2.11. The van der Waals surface area contributed by atoms with E-state index in [0.29, 0.717) is 6.54 Å². The molecule has 0 aromatic heterocycles. The van der Waals surface area contributed by atoms with Gasteiger partial charge in [0.2, 0.25) is 0 Å². The summed E-state index contributed by atoms with van der Waals surface area (Å²) in [5.74, 6) is 0. The quantitative estimate of drug-likeness (QED) is 0.767. The van der Waals surface area contributed by atoms with Crippen LogP contribution in [0.25, 0.3) is 0 Å². The van der Waals surface area contributed by atoms with Crippen LogP contribution in [0.5, 0.6) is 0 Å². The van der Waals surface area contributed by atoms with Gasteiger partial charge in [0.05, 0.1) is 0 Å². The molecule has 4 heteroatoms. The van der Waals surface area contributed by atoms with Gasteiger partial charge in [0.1, 0.15) is 0 Å². The maximum atomic E-state index is 10.2. The highest BCUT2D eigenvalue weighted by molar-refractivity contribution is 5.64. The van der Waals surface area contributed by atoms with Crippen LogP contribution in [0.2, 0.25) is 0 Å². The Labute approximate surface area is 83.2 Å². The molecule has 2 N–H and O–H groups in total. The van der Waals surface area contributed by atoms with Crippen LogP contribution in [0, 0.1) is 0 Å². The highest BCUT2D eigenvalue weighted by atomic mass is 16.4. The molecule has 0 saturated heterocycles. The predicted octanol–water partition coefficient (Wildman–Crippen LogP) is 1.52. The summed E-state index contributed by atoms with van der Waals surface area (Å²) in [5.41, 5.74) is 2.06. The van der Waals surface area contributed by atoms with Crippen LogP contribution in [0.15, 0.2) is 24.3 Å². The van der Waals surface area contributed by atoms with Crippen LogP contribution in [0.1, 0.15) is 5.56 Å². The molecule has 0 unspecified atom stereocenters. The average Bonchev–Trinajstić information content (AvgIpc) is 2.15. The third kappa shape index (κ3) is 2.97. The predicted molar refractivity (Wildman–Crippen MR) is 55.6 cm³/mol. The van der Waals surface area contributed by atoms with Crippen molar-refractivity contribution in [3.8, 4) is 0 Å². The van der Waals surface area contributed by atoms with Gasteiger partial charge in [-0.3, -0.25) is 0 Å². The largest absolute Gasteiger partial charge is 0.465 e. The van der Waals surface area contributed by atoms with Crippen LogP contribution in [0.4, 0.5) is 10.5 Å². The zero-order valence-electron chi connectivity index (χ0n) is 8.32. The van der Waals surface area contributed by atoms with E-state index in [1.54, 1.807) is 0 Å². The van der Waals surface area contributed by atoms with Crippen molar-refractivity contribution in [2.24, 2.45) is 0 Å². The van der Waals surface area contributed by atoms with E-state index in [0.717, 1.165) is 11.3 Å². The summed E-state index contributed by atoms with van der Waals surface area (Å²) >= 11 is 0. The molecule has 0 aliphatic carbocycles. The minimum Gasteiger partial charge on any atom is -0.465 e. The molecule has 0 saturated carbocycles. The van der Waals surface area contributed by atoms with Gasteiger partial charge in [0.25, 0.3) is 0 Å². The van der Waals surface area contributed by atoms with E-state index in [2.05, 4.69) is 5.32 Å². The number of nitrogens with zero attached hydrogens (tertiary/aromatic N) is 1. The molecular formula is C10H14N2O2. The number of anilines is 1. The van der Waals surface area contributed by atoms with E-state index < -0.39 is 6.09 Å². The second kappa shape index (κ2) is 4.50. The Kier molecular flexibility index (Phi) is 3.34. The first kappa shape index (κ1) is 10.4. The van der Waals surface area contributed by atoms with Crippen LogP contribution in [0.3, 0.4) is 0 Å². The Balaban J connectivity index is 2.59. The monoisotopic (exact) mass is 194 g/mol. The van der Waals surface area contributed by atoms with Crippen molar-refractivity contribution in [1.29, 1.82) is 0 Å². The molecule has 0 heterocycles. The smallest absolute Gasteiger partial charge is 0.404 e. The second-order valence-corrected chi connectivity index (χ2v) is 3.22. The zero-order chi connectivity index (χ0) is 10.6. The fourth-order valence-electron chi connectivity index (χ4n) is 1.09. The van der Waals surface area contributed by atoms with Crippen molar-refractivity contribution < 1.29 is 9.90 Å². The molecule has 0 bridgehead atoms. The molecule has 1 aromatic rings. The molecule has 1 rings (SSSR count). The number of nitrogens with one attached hydrogen (secondary N) is 1. The number of amides is 1. The molecule has 0 fully saturated rings. The van der Waals surface area contributed by atoms with Crippen LogP contribution in [-0.2, 0) is 6.54 Å². The molecule has 0 aliphatic rings. The second-order valence-electron chi connectivity index (χ2n) is 3.22. The van der Waals surface area contributed by atoms with Gasteiger partial charge in [-0.1, -0.05) is 12.1 Å². The topological polar surface area (TPSA) is 52.6 Å². The van der Waals surface area contributed by atoms with E-state index in [9.17, 15) is 4.79 Å². The van der Waals surface area contributed by atoms with Gasteiger partial charge >= 0.3 is 6.09 Å². The van der Waals surface area contributed by atoms with Crippen molar-refractivity contribution in [1.82, 2.24) is 5.32 Å². The van der Waals surface area contributed by atoms with Gasteiger partial charge in [-0.05, 0) is 17.7 Å². The Morgan fingerprint density at radius 3 is 2.36 bits per heavy atom. The number of benzene rings is 1. The lowest BCUT2D eigenvalue weighted by Gasteiger charge is -2.12. The summed E-state index contributed by atoms with van der Waals surface area (Å²) < 4.78 is 0. The summed E-state index contributed by atoms with van der Waals surface area (Å²) in [5, 5.41) is 10.7. The number of hydrogen-bond acceptors (Lipinski definition) is 2. The molecule has 1 aromatic carbocycles. The lowest BCUT2D eigenvalue weighted by atomic mass is 10.2. The standard InChI is InChI=1S/C10H14N2O2/c1-12(2)9-5-3-8(4-6-9)7-11-10(13)14/h3-6,11H,7H2,1-2H3,(H,13,14). The highest BCUT2D eigenvalue weighted by Gasteiger charge is 1.97. The van der Waals surface area contributed by atoms with E-state index >= 15 is 0 Å². The molecule has 0 radical (unpaired) electrons. The lowest BCUT2D eigenvalue weighted by Crippen LogP contribution is -2.19. The maximum Gasteiger partial charge on any atom is 0.404 e. The normalized spacial score (nSPS) is 9.57. The third-order valence-corrected chi connectivity index (χ3v) is 1.90. The molecule has 4 nitrogen and oxygen atoms in total. The van der Waals surface area contributed by atoms with E-state index in [4.69, 9.17) is 5.11 Å². The third-order valence-electron chi connectivity index (χ3n) is 1.90. The van der Waals surface area contributed by atoms with Gasteiger partial charge in [0, 0.05) is 26.3 Å². The van der Waals surface area contributed by atoms with E-state index in [1.165, 1.54) is 0 Å². The minimum absolute atomic E-state index is 0.350. The first-order chi connectivity index (χ1) is 6.59. The molecule has 1 amide bonds. The van der Waals surface area contributed by atoms with Gasteiger partial charge in [-0.15, -0.1) is 0 Å². The summed E-state index contributed by atoms with van der Waals surface area (Å²) in [6, 6.07) is 7.73. The van der Waals surface area contributed by atoms with Crippen molar-refractivity contribution in [2.75, 3.05) is 19.0 Å². The minimum atomic E-state index is -0.998. The summed E-state index contributed by atoms with van der Waals surface area (Å²) in [4.78, 5) is 12.2. The van der Waals surface area contributed by atoms with Crippen LogP contribution < -0.4 is 10.2 Å². The molecule has 0 aliphatic heterocycles. The lowest BCUT2D eigenvalue weighted by molar-refractivity contribution is 0.194. The fourth-order valence-corrected chi connectivity index (χ4v) is 1.09. The van der Waals surface area contributed by atoms with Crippen LogP contribution in [-0.4, -0.2) is 25.3 Å². The Morgan fingerprint density at radius 1 is 1.36 bits per heavy atom. The summed E-state index contributed by atoms with van der Waals surface area (Å²) in [7, 11) is 3.93. The van der Waals surface area contributed by atoms with E-state index in [1.807, 2.05) is 43.3 Å². The number of carboxylic acid groups (broad SMARTS) is 1. The van der Waals surface area contributed by atoms with Crippen molar-refractivity contribution in [3.05, 3.63) is 29.8 Å². The summed E-state index contributed by atoms with van der Waals surface area (Å²) in [6.07, 6.45) is -0.998. The Hall–Kier alpha value is -1.71.